The van der Waals surface area contributed by atoms with Gasteiger partial charge in [0.15, 0.2) is 0 Å². The van der Waals surface area contributed by atoms with Crippen molar-refractivity contribution in [2.24, 2.45) is 0 Å². The third kappa shape index (κ3) is 2.38. The molecule has 88 valence electrons. The quantitative estimate of drug-likeness (QED) is 0.748. The van der Waals surface area contributed by atoms with Crippen molar-refractivity contribution in [1.29, 1.82) is 0 Å². The minimum atomic E-state index is 0.407. The summed E-state index contributed by atoms with van der Waals surface area (Å²) in [5.41, 5.74) is 6.31. The molecule has 0 N–H and O–H groups in total. The molecule has 1 heteroatoms. The number of aromatic nitrogens is 1. The summed E-state index contributed by atoms with van der Waals surface area (Å²) in [4.78, 5) is 4.58. The highest BCUT2D eigenvalue weighted by Crippen LogP contribution is 2.28. The SMILES string of the molecule is Cc1cc(C)c(C(C)c2ccccc2)c(C)n1. The van der Waals surface area contributed by atoms with Crippen molar-refractivity contribution in [3.63, 3.8) is 0 Å². The summed E-state index contributed by atoms with van der Waals surface area (Å²) in [5, 5.41) is 0. The zero-order chi connectivity index (χ0) is 12.4. The average molecular weight is 225 g/mol. The molecular weight excluding hydrogens is 206 g/mol. The van der Waals surface area contributed by atoms with Gasteiger partial charge >= 0.3 is 0 Å². The van der Waals surface area contributed by atoms with Crippen LogP contribution in [0.15, 0.2) is 36.4 Å². The molecule has 0 spiro atoms. The maximum absolute atomic E-state index is 4.58. The number of rotatable bonds is 2. The van der Waals surface area contributed by atoms with Crippen LogP contribution in [0.1, 0.15) is 40.9 Å². The Balaban J connectivity index is 2.48. The molecule has 17 heavy (non-hydrogen) atoms. The lowest BCUT2D eigenvalue weighted by Crippen LogP contribution is -2.04. The van der Waals surface area contributed by atoms with Crippen molar-refractivity contribution < 1.29 is 0 Å². The lowest BCUT2D eigenvalue weighted by molar-refractivity contribution is 0.872. The van der Waals surface area contributed by atoms with Crippen LogP contribution in [0.5, 0.6) is 0 Å². The molecule has 2 rings (SSSR count). The fraction of sp³-hybridized carbons (Fsp3) is 0.312. The molecule has 0 aliphatic carbocycles. The van der Waals surface area contributed by atoms with Gasteiger partial charge in [-0.15, -0.1) is 0 Å². The molecule has 0 amide bonds. The fourth-order valence-corrected chi connectivity index (χ4v) is 2.60. The van der Waals surface area contributed by atoms with Crippen LogP contribution in [0, 0.1) is 20.8 Å². The number of hydrogen-bond acceptors (Lipinski definition) is 1. The van der Waals surface area contributed by atoms with E-state index >= 15 is 0 Å². The monoisotopic (exact) mass is 225 g/mol. The van der Waals surface area contributed by atoms with Crippen molar-refractivity contribution in [3.05, 3.63) is 64.5 Å². The van der Waals surface area contributed by atoms with Crippen LogP contribution in [0.2, 0.25) is 0 Å². The first kappa shape index (κ1) is 11.8. The lowest BCUT2D eigenvalue weighted by Gasteiger charge is -2.18. The van der Waals surface area contributed by atoms with E-state index in [0.29, 0.717) is 5.92 Å². The molecule has 1 aromatic carbocycles. The summed E-state index contributed by atoms with van der Waals surface area (Å²) in [7, 11) is 0. The highest BCUT2D eigenvalue weighted by Gasteiger charge is 2.14. The highest BCUT2D eigenvalue weighted by molar-refractivity contribution is 5.39. The molecular formula is C16H19N. The predicted octanol–water partition coefficient (Wildman–Crippen LogP) is 4.16. The summed E-state index contributed by atoms with van der Waals surface area (Å²) in [6.07, 6.45) is 0. The fourth-order valence-electron chi connectivity index (χ4n) is 2.60. The number of benzene rings is 1. The van der Waals surface area contributed by atoms with Gasteiger partial charge in [0.05, 0.1) is 0 Å². The van der Waals surface area contributed by atoms with E-state index in [0.717, 1.165) is 11.4 Å². The molecule has 0 saturated heterocycles. The van der Waals surface area contributed by atoms with E-state index in [2.05, 4.69) is 69.1 Å². The Bertz CT molecular complexity index is 491. The van der Waals surface area contributed by atoms with Crippen LogP contribution < -0.4 is 0 Å². The van der Waals surface area contributed by atoms with Crippen molar-refractivity contribution in [2.45, 2.75) is 33.6 Å². The van der Waals surface area contributed by atoms with Gasteiger partial charge in [-0.3, -0.25) is 4.98 Å². The van der Waals surface area contributed by atoms with Crippen molar-refractivity contribution in [3.8, 4) is 0 Å². The zero-order valence-electron chi connectivity index (χ0n) is 11.0. The van der Waals surface area contributed by atoms with Gasteiger partial charge in [0.2, 0.25) is 0 Å². The van der Waals surface area contributed by atoms with Gasteiger partial charge in [-0.25, -0.2) is 0 Å². The highest BCUT2D eigenvalue weighted by atomic mass is 14.7. The molecule has 1 nitrogen and oxygen atoms in total. The van der Waals surface area contributed by atoms with Gasteiger partial charge in [-0.2, -0.15) is 0 Å². The Hall–Kier alpha value is -1.63. The second kappa shape index (κ2) is 4.70. The summed E-state index contributed by atoms with van der Waals surface area (Å²) >= 11 is 0. The van der Waals surface area contributed by atoms with Gasteiger partial charge in [-0.05, 0) is 43.5 Å². The van der Waals surface area contributed by atoms with Gasteiger partial charge in [0, 0.05) is 17.3 Å². The van der Waals surface area contributed by atoms with E-state index in [1.54, 1.807) is 0 Å². The first-order valence-electron chi connectivity index (χ1n) is 6.09. The molecule has 1 heterocycles. The zero-order valence-corrected chi connectivity index (χ0v) is 11.0. The maximum Gasteiger partial charge on any atom is 0.0416 e. The van der Waals surface area contributed by atoms with Gasteiger partial charge in [-0.1, -0.05) is 37.3 Å². The van der Waals surface area contributed by atoms with Gasteiger partial charge < -0.3 is 0 Å². The Kier molecular flexibility index (Phi) is 3.28. The van der Waals surface area contributed by atoms with Gasteiger partial charge in [0.25, 0.3) is 0 Å². The summed E-state index contributed by atoms with van der Waals surface area (Å²) < 4.78 is 0. The molecule has 2 aromatic rings. The van der Waals surface area contributed by atoms with E-state index in [4.69, 9.17) is 0 Å². The molecule has 1 aromatic heterocycles. The third-order valence-corrected chi connectivity index (χ3v) is 3.32. The summed E-state index contributed by atoms with van der Waals surface area (Å²) in [5.74, 6) is 0.407. The molecule has 0 fully saturated rings. The van der Waals surface area contributed by atoms with E-state index in [1.807, 2.05) is 0 Å². The van der Waals surface area contributed by atoms with Crippen LogP contribution in [-0.4, -0.2) is 4.98 Å². The normalized spacial score (nSPS) is 12.5. The van der Waals surface area contributed by atoms with Crippen LogP contribution >= 0.6 is 0 Å². The number of hydrogen-bond donors (Lipinski definition) is 0. The summed E-state index contributed by atoms with van der Waals surface area (Å²) in [6.45, 7) is 8.59. The Morgan fingerprint density at radius 1 is 1.00 bits per heavy atom. The number of pyridine rings is 1. The second-order valence-corrected chi connectivity index (χ2v) is 4.71. The molecule has 0 aliphatic heterocycles. The Morgan fingerprint density at radius 3 is 2.24 bits per heavy atom. The summed E-state index contributed by atoms with van der Waals surface area (Å²) in [6, 6.07) is 12.8. The van der Waals surface area contributed by atoms with Crippen LogP contribution in [-0.2, 0) is 0 Å². The molecule has 0 radical (unpaired) electrons. The minimum Gasteiger partial charge on any atom is -0.258 e. The number of nitrogens with zero attached hydrogens (tertiary/aromatic N) is 1. The standard InChI is InChI=1S/C16H19N/c1-11-10-12(2)17-14(4)16(11)13(3)15-8-6-5-7-9-15/h5-10,13H,1-4H3. The molecule has 0 aliphatic rings. The van der Waals surface area contributed by atoms with E-state index < -0.39 is 0 Å². The predicted molar refractivity (Wildman–Crippen MR) is 72.4 cm³/mol. The van der Waals surface area contributed by atoms with E-state index in [-0.39, 0.29) is 0 Å². The topological polar surface area (TPSA) is 12.9 Å². The van der Waals surface area contributed by atoms with Crippen LogP contribution in [0.3, 0.4) is 0 Å². The van der Waals surface area contributed by atoms with Crippen molar-refractivity contribution >= 4 is 0 Å². The third-order valence-electron chi connectivity index (χ3n) is 3.32. The molecule has 1 atom stereocenters. The van der Waals surface area contributed by atoms with E-state index in [9.17, 15) is 0 Å². The lowest BCUT2D eigenvalue weighted by atomic mass is 9.89. The van der Waals surface area contributed by atoms with Gasteiger partial charge in [0.1, 0.15) is 0 Å². The Morgan fingerprint density at radius 2 is 1.65 bits per heavy atom. The van der Waals surface area contributed by atoms with Crippen LogP contribution in [0.25, 0.3) is 0 Å². The van der Waals surface area contributed by atoms with Crippen LogP contribution in [0.4, 0.5) is 0 Å². The number of aryl methyl sites for hydroxylation is 3. The first-order valence-corrected chi connectivity index (χ1v) is 6.09. The minimum absolute atomic E-state index is 0.407. The average Bonchev–Trinajstić information content (AvgIpc) is 2.28. The largest absolute Gasteiger partial charge is 0.258 e. The molecule has 1 unspecified atom stereocenters. The second-order valence-electron chi connectivity index (χ2n) is 4.71. The molecule has 0 saturated carbocycles. The Labute approximate surface area is 104 Å². The first-order chi connectivity index (χ1) is 8.09. The molecule has 0 bridgehead atoms. The van der Waals surface area contributed by atoms with E-state index in [1.165, 1.54) is 16.7 Å². The van der Waals surface area contributed by atoms with Crippen molar-refractivity contribution in [1.82, 2.24) is 4.98 Å². The maximum atomic E-state index is 4.58. The smallest absolute Gasteiger partial charge is 0.0416 e. The van der Waals surface area contributed by atoms with Crippen molar-refractivity contribution in [2.75, 3.05) is 0 Å².